The Hall–Kier alpha value is -2.73. The average molecular weight is 420 g/mol. The lowest BCUT2D eigenvalue weighted by Gasteiger charge is -2.70. The molecule has 1 aromatic carbocycles. The van der Waals surface area contributed by atoms with E-state index >= 15 is 0 Å². The monoisotopic (exact) mass is 419 g/mol. The molecule has 1 aromatic heterocycles. The molecular weight excluding hydrogens is 390 g/mol. The number of rotatable bonds is 5. The first-order valence-corrected chi connectivity index (χ1v) is 11.3. The Morgan fingerprint density at radius 1 is 1.06 bits per heavy atom. The highest BCUT2D eigenvalue weighted by Crippen LogP contribution is 2.55. The van der Waals surface area contributed by atoms with Crippen LogP contribution in [0.3, 0.4) is 0 Å². The van der Waals surface area contributed by atoms with E-state index < -0.39 is 5.54 Å². The van der Waals surface area contributed by atoms with E-state index in [1.807, 2.05) is 40.1 Å². The van der Waals surface area contributed by atoms with Crippen molar-refractivity contribution in [3.05, 3.63) is 66.0 Å². The molecular formula is C25H29N3O3. The van der Waals surface area contributed by atoms with Crippen molar-refractivity contribution in [1.82, 2.24) is 14.8 Å². The molecule has 6 heteroatoms. The van der Waals surface area contributed by atoms with Gasteiger partial charge in [-0.15, -0.1) is 0 Å². The quantitative estimate of drug-likeness (QED) is 0.808. The first-order chi connectivity index (χ1) is 15.1. The highest BCUT2D eigenvalue weighted by atomic mass is 16.3. The van der Waals surface area contributed by atoms with Crippen molar-refractivity contribution in [3.8, 4) is 0 Å². The van der Waals surface area contributed by atoms with E-state index in [1.54, 1.807) is 12.4 Å². The molecule has 1 aliphatic carbocycles. The predicted molar refractivity (Wildman–Crippen MR) is 116 cm³/mol. The third-order valence-electron chi connectivity index (χ3n) is 7.42. The number of aromatic nitrogens is 1. The Labute approximate surface area is 182 Å². The summed E-state index contributed by atoms with van der Waals surface area (Å²) >= 11 is 0. The Kier molecular flexibility index (Phi) is 5.26. The van der Waals surface area contributed by atoms with Crippen LogP contribution in [-0.4, -0.2) is 63.0 Å². The standard InChI is InChI=1S/C25H29N3O3/c29-15-21-23(19-8-2-1-3-9-19)25(28(21)24(31)20-10-4-5-11-20)16-27(17-25)22(30)13-18-7-6-12-26-14-18/h1-3,6-9,12,14,20-21,23,29H,4-5,10-11,13,15-17H2/t21-,23+/m1/s1. The average Bonchev–Trinajstić information content (AvgIpc) is 3.29. The molecule has 5 rings (SSSR count). The minimum atomic E-state index is -0.404. The lowest BCUT2D eigenvalue weighted by atomic mass is 9.60. The highest BCUT2D eigenvalue weighted by molar-refractivity contribution is 5.85. The van der Waals surface area contributed by atoms with Gasteiger partial charge in [-0.25, -0.2) is 0 Å². The molecule has 0 radical (unpaired) electrons. The number of carbonyl (C=O) groups excluding carboxylic acids is 2. The maximum absolute atomic E-state index is 13.5. The number of hydrogen-bond acceptors (Lipinski definition) is 4. The molecule has 3 heterocycles. The van der Waals surface area contributed by atoms with Crippen LogP contribution in [0.25, 0.3) is 0 Å². The van der Waals surface area contributed by atoms with E-state index in [2.05, 4.69) is 17.1 Å². The van der Waals surface area contributed by atoms with E-state index in [9.17, 15) is 14.7 Å². The minimum absolute atomic E-state index is 0.0477. The van der Waals surface area contributed by atoms with Crippen molar-refractivity contribution in [2.45, 2.75) is 49.6 Å². The smallest absolute Gasteiger partial charge is 0.227 e. The van der Waals surface area contributed by atoms with Gasteiger partial charge in [0.15, 0.2) is 0 Å². The van der Waals surface area contributed by atoms with E-state index in [4.69, 9.17) is 0 Å². The molecule has 0 unspecified atom stereocenters. The van der Waals surface area contributed by atoms with Crippen LogP contribution in [0.5, 0.6) is 0 Å². The topological polar surface area (TPSA) is 73.7 Å². The second kappa shape index (κ2) is 8.08. The molecule has 3 fully saturated rings. The summed E-state index contributed by atoms with van der Waals surface area (Å²) in [6.45, 7) is 1.00. The molecule has 162 valence electrons. The third-order valence-corrected chi connectivity index (χ3v) is 7.42. The number of aliphatic hydroxyl groups excluding tert-OH is 1. The summed E-state index contributed by atoms with van der Waals surface area (Å²) in [7, 11) is 0. The number of carbonyl (C=O) groups is 2. The largest absolute Gasteiger partial charge is 0.394 e. The normalized spacial score (nSPS) is 24.7. The Morgan fingerprint density at radius 3 is 2.45 bits per heavy atom. The molecule has 3 aliphatic rings. The Bertz CT molecular complexity index is 937. The lowest BCUT2D eigenvalue weighted by molar-refractivity contribution is -0.205. The van der Waals surface area contributed by atoms with Crippen molar-refractivity contribution >= 4 is 11.8 Å². The summed E-state index contributed by atoms with van der Waals surface area (Å²) in [6, 6.07) is 13.7. The van der Waals surface area contributed by atoms with Gasteiger partial charge in [-0.1, -0.05) is 49.2 Å². The summed E-state index contributed by atoms with van der Waals surface area (Å²) in [4.78, 5) is 34.3. The molecule has 0 bridgehead atoms. The summed E-state index contributed by atoms with van der Waals surface area (Å²) < 4.78 is 0. The summed E-state index contributed by atoms with van der Waals surface area (Å²) in [5, 5.41) is 10.2. The van der Waals surface area contributed by atoms with Crippen molar-refractivity contribution in [1.29, 1.82) is 0 Å². The van der Waals surface area contributed by atoms with Gasteiger partial charge in [0, 0.05) is 37.3 Å². The van der Waals surface area contributed by atoms with Crippen LogP contribution in [-0.2, 0) is 16.0 Å². The van der Waals surface area contributed by atoms with Gasteiger partial charge in [-0.2, -0.15) is 0 Å². The fourth-order valence-electron chi connectivity index (χ4n) is 5.97. The fourth-order valence-corrected chi connectivity index (χ4v) is 5.97. The van der Waals surface area contributed by atoms with Gasteiger partial charge in [0.2, 0.25) is 11.8 Å². The first-order valence-electron chi connectivity index (χ1n) is 11.3. The molecule has 2 saturated heterocycles. The van der Waals surface area contributed by atoms with E-state index in [-0.39, 0.29) is 36.3 Å². The zero-order chi connectivity index (χ0) is 21.4. The lowest BCUT2D eigenvalue weighted by Crippen LogP contribution is -2.86. The maximum Gasteiger partial charge on any atom is 0.227 e. The van der Waals surface area contributed by atoms with Crippen LogP contribution < -0.4 is 0 Å². The predicted octanol–water partition coefficient (Wildman–Crippen LogP) is 2.38. The molecule has 31 heavy (non-hydrogen) atoms. The third kappa shape index (κ3) is 3.33. The zero-order valence-corrected chi connectivity index (χ0v) is 17.7. The van der Waals surface area contributed by atoms with Crippen LogP contribution in [0, 0.1) is 5.92 Å². The van der Waals surface area contributed by atoms with Gasteiger partial charge >= 0.3 is 0 Å². The van der Waals surface area contributed by atoms with Gasteiger partial charge in [-0.3, -0.25) is 14.6 Å². The zero-order valence-electron chi connectivity index (χ0n) is 17.7. The highest BCUT2D eigenvalue weighted by Gasteiger charge is 2.68. The van der Waals surface area contributed by atoms with Crippen LogP contribution in [0.1, 0.15) is 42.7 Å². The number of pyridine rings is 1. The molecule has 2 atom stereocenters. The van der Waals surface area contributed by atoms with Gasteiger partial charge in [0.05, 0.1) is 24.6 Å². The van der Waals surface area contributed by atoms with Crippen LogP contribution >= 0.6 is 0 Å². The first kappa shape index (κ1) is 20.2. The minimum Gasteiger partial charge on any atom is -0.394 e. The molecule has 1 saturated carbocycles. The number of benzene rings is 1. The number of aliphatic hydroxyl groups is 1. The summed E-state index contributed by atoms with van der Waals surface area (Å²) in [5.41, 5.74) is 1.63. The van der Waals surface area contributed by atoms with Gasteiger partial charge < -0.3 is 14.9 Å². The summed E-state index contributed by atoms with van der Waals surface area (Å²) in [5.74, 6) is 0.337. The molecule has 1 N–H and O–H groups in total. The van der Waals surface area contributed by atoms with Crippen LogP contribution in [0.4, 0.5) is 0 Å². The number of likely N-dealkylation sites (tertiary alicyclic amines) is 2. The van der Waals surface area contributed by atoms with E-state index in [1.165, 1.54) is 0 Å². The summed E-state index contributed by atoms with van der Waals surface area (Å²) in [6.07, 6.45) is 7.80. The molecule has 1 spiro atoms. The fraction of sp³-hybridized carbons (Fsp3) is 0.480. The SMILES string of the molecule is O=C(Cc1cccnc1)N1CC2(C1)[C@@H](c1ccccc1)[C@@H](CO)N2C(=O)C1CCCC1. The van der Waals surface area contributed by atoms with Crippen molar-refractivity contribution in [3.63, 3.8) is 0 Å². The Balaban J connectivity index is 1.39. The molecule has 2 amide bonds. The van der Waals surface area contributed by atoms with Crippen LogP contribution in [0.2, 0.25) is 0 Å². The van der Waals surface area contributed by atoms with E-state index in [0.717, 1.165) is 36.8 Å². The van der Waals surface area contributed by atoms with Crippen LogP contribution in [0.15, 0.2) is 54.9 Å². The van der Waals surface area contributed by atoms with Crippen molar-refractivity contribution in [2.24, 2.45) is 5.92 Å². The van der Waals surface area contributed by atoms with Gasteiger partial charge in [0.1, 0.15) is 0 Å². The second-order valence-corrected chi connectivity index (χ2v) is 9.22. The number of amides is 2. The van der Waals surface area contributed by atoms with Gasteiger partial charge in [-0.05, 0) is 30.0 Å². The Morgan fingerprint density at radius 2 is 1.81 bits per heavy atom. The number of hydrogen-bond donors (Lipinski definition) is 1. The van der Waals surface area contributed by atoms with Crippen molar-refractivity contribution in [2.75, 3.05) is 19.7 Å². The van der Waals surface area contributed by atoms with E-state index in [0.29, 0.717) is 19.5 Å². The molecule has 2 aromatic rings. The number of nitrogens with zero attached hydrogens (tertiary/aromatic N) is 3. The van der Waals surface area contributed by atoms with Crippen molar-refractivity contribution < 1.29 is 14.7 Å². The maximum atomic E-state index is 13.5. The second-order valence-electron chi connectivity index (χ2n) is 9.22. The van der Waals surface area contributed by atoms with Gasteiger partial charge in [0.25, 0.3) is 0 Å². The molecule has 2 aliphatic heterocycles. The molecule has 6 nitrogen and oxygen atoms in total.